The van der Waals surface area contributed by atoms with Crippen molar-refractivity contribution < 1.29 is 29.4 Å². The van der Waals surface area contributed by atoms with Gasteiger partial charge in [-0.15, -0.1) is 6.42 Å². The van der Waals surface area contributed by atoms with E-state index >= 15 is 0 Å². The third-order valence-electron chi connectivity index (χ3n) is 10.7. The lowest BCUT2D eigenvalue weighted by atomic mass is 9.46. The van der Waals surface area contributed by atoms with Gasteiger partial charge in [0, 0.05) is 5.41 Å². The molecule has 0 aromatic heterocycles. The molecule has 40 heavy (non-hydrogen) atoms. The largest absolute Gasteiger partial charge is 0.480 e. The molecule has 0 heterocycles. The van der Waals surface area contributed by atoms with Crippen molar-refractivity contribution >= 4 is 23.5 Å². The Hall–Kier alpha value is -2.86. The van der Waals surface area contributed by atoms with Crippen molar-refractivity contribution in [3.63, 3.8) is 0 Å². The molecule has 9 nitrogen and oxygen atoms in total. The normalized spacial score (nSPS) is 37.0. The maximum absolute atomic E-state index is 12.3. The number of hydrogen-bond donors (Lipinski definition) is 4. The summed E-state index contributed by atoms with van der Waals surface area (Å²) in [5, 5.41) is 29.6. The molecule has 8 atom stereocenters. The second kappa shape index (κ2) is 11.6. The lowest BCUT2D eigenvalue weighted by Gasteiger charge is -2.58. The molecule has 0 bridgehead atoms. The van der Waals surface area contributed by atoms with E-state index in [2.05, 4.69) is 41.6 Å². The van der Waals surface area contributed by atoms with Crippen molar-refractivity contribution in [3.05, 3.63) is 11.6 Å². The van der Waals surface area contributed by atoms with Crippen molar-refractivity contribution in [1.82, 2.24) is 10.6 Å². The molecule has 0 radical (unpaired) electrons. The van der Waals surface area contributed by atoms with Gasteiger partial charge in [-0.05, 0) is 94.0 Å². The minimum atomic E-state index is -1.10. The van der Waals surface area contributed by atoms with Gasteiger partial charge in [0.25, 0.3) is 5.91 Å². The number of oxime groups is 1. The van der Waals surface area contributed by atoms with E-state index in [4.69, 9.17) is 11.3 Å². The number of allylic oxidation sites excluding steroid dienone is 2. The number of carboxylic acid groups (broad SMARTS) is 1. The molecule has 4 aliphatic carbocycles. The topological polar surface area (TPSA) is 137 Å². The number of nitrogens with one attached hydrogen (secondary N) is 2. The number of carbonyl (C=O) groups is 3. The van der Waals surface area contributed by atoms with E-state index in [1.165, 1.54) is 12.5 Å². The zero-order chi connectivity index (χ0) is 29.3. The van der Waals surface area contributed by atoms with Crippen LogP contribution in [-0.2, 0) is 19.2 Å². The summed E-state index contributed by atoms with van der Waals surface area (Å²) in [6.45, 7) is 7.59. The highest BCUT2D eigenvalue weighted by Crippen LogP contribution is 2.67. The molecular formula is C31H45N3O6. The van der Waals surface area contributed by atoms with E-state index < -0.39 is 35.5 Å². The van der Waals surface area contributed by atoms with Crippen LogP contribution in [0, 0.1) is 40.9 Å². The molecule has 0 saturated heterocycles. The second-order valence-corrected chi connectivity index (χ2v) is 12.8. The Kier molecular flexibility index (Phi) is 8.70. The smallest absolute Gasteiger partial charge is 0.326 e. The van der Waals surface area contributed by atoms with E-state index in [0.29, 0.717) is 37.0 Å². The molecule has 4 rings (SSSR count). The van der Waals surface area contributed by atoms with Gasteiger partial charge in [-0.3, -0.25) is 9.59 Å². The fourth-order valence-corrected chi connectivity index (χ4v) is 8.26. The molecule has 0 aromatic rings. The Morgan fingerprint density at radius 3 is 2.55 bits per heavy atom. The maximum Gasteiger partial charge on any atom is 0.326 e. The third kappa shape index (κ3) is 5.39. The SMILES string of the molecule is C#C[C@@]1(O)CC[C@H]2[C@@H]3CCC4=C/C(=N\OCC(=O)N[C@@H](C)C(=O)N[C@@H](CCC)C(=O)O)CC[C@]4(C)[C@H]3CC[C@@]21C. The van der Waals surface area contributed by atoms with Crippen LogP contribution in [0.4, 0.5) is 0 Å². The summed E-state index contributed by atoms with van der Waals surface area (Å²) in [4.78, 5) is 41.2. The van der Waals surface area contributed by atoms with Gasteiger partial charge in [-0.1, -0.05) is 43.8 Å². The van der Waals surface area contributed by atoms with Crippen molar-refractivity contribution in [2.75, 3.05) is 6.61 Å². The predicted molar refractivity (Wildman–Crippen MR) is 151 cm³/mol. The monoisotopic (exact) mass is 555 g/mol. The summed E-state index contributed by atoms with van der Waals surface area (Å²) in [5.41, 5.74) is 1.10. The lowest BCUT2D eigenvalue weighted by Crippen LogP contribution is -2.54. The highest BCUT2D eigenvalue weighted by atomic mass is 16.6. The zero-order valence-electron chi connectivity index (χ0n) is 24.3. The highest BCUT2D eigenvalue weighted by Gasteiger charge is 2.63. The van der Waals surface area contributed by atoms with Crippen LogP contribution in [0.25, 0.3) is 0 Å². The molecule has 9 heteroatoms. The van der Waals surface area contributed by atoms with Crippen LogP contribution in [0.5, 0.6) is 0 Å². The molecule has 0 aliphatic heterocycles. The van der Waals surface area contributed by atoms with Gasteiger partial charge in [0.05, 0.1) is 5.71 Å². The number of carbonyl (C=O) groups excluding carboxylic acids is 2. The fourth-order valence-electron chi connectivity index (χ4n) is 8.26. The first-order valence-corrected chi connectivity index (χ1v) is 14.8. The van der Waals surface area contributed by atoms with Crippen molar-refractivity contribution in [1.29, 1.82) is 0 Å². The van der Waals surface area contributed by atoms with E-state index in [1.807, 2.05) is 6.92 Å². The van der Waals surface area contributed by atoms with Crippen LogP contribution >= 0.6 is 0 Å². The molecule has 220 valence electrons. The predicted octanol–water partition coefficient (Wildman–Crippen LogP) is 3.56. The Morgan fingerprint density at radius 1 is 1.15 bits per heavy atom. The van der Waals surface area contributed by atoms with Gasteiger partial charge in [-0.25, -0.2) is 4.79 Å². The third-order valence-corrected chi connectivity index (χ3v) is 10.7. The van der Waals surface area contributed by atoms with Gasteiger partial charge in [0.2, 0.25) is 5.91 Å². The first-order chi connectivity index (χ1) is 18.9. The number of terminal acetylenes is 1. The van der Waals surface area contributed by atoms with Gasteiger partial charge in [0.15, 0.2) is 6.61 Å². The van der Waals surface area contributed by atoms with Crippen molar-refractivity contribution in [3.8, 4) is 12.3 Å². The summed E-state index contributed by atoms with van der Waals surface area (Å²) < 4.78 is 0. The lowest BCUT2D eigenvalue weighted by molar-refractivity contribution is -0.142. The molecule has 4 aliphatic rings. The number of carboxylic acids is 1. The van der Waals surface area contributed by atoms with Crippen LogP contribution in [0.2, 0.25) is 0 Å². The number of nitrogens with zero attached hydrogens (tertiary/aromatic N) is 1. The maximum atomic E-state index is 12.3. The summed E-state index contributed by atoms with van der Waals surface area (Å²) in [7, 11) is 0. The quantitative estimate of drug-likeness (QED) is 0.254. The average molecular weight is 556 g/mol. The fraction of sp³-hybridized carbons (Fsp3) is 0.742. The number of aliphatic hydroxyl groups is 1. The zero-order valence-corrected chi connectivity index (χ0v) is 24.3. The molecule has 0 unspecified atom stereocenters. The number of rotatable bonds is 9. The van der Waals surface area contributed by atoms with Crippen LogP contribution in [0.3, 0.4) is 0 Å². The Labute approximate surface area is 237 Å². The van der Waals surface area contributed by atoms with Crippen LogP contribution in [-0.4, -0.2) is 58.0 Å². The summed E-state index contributed by atoms with van der Waals surface area (Å²) in [5.74, 6) is 2.16. The van der Waals surface area contributed by atoms with Gasteiger partial charge < -0.3 is 25.7 Å². The van der Waals surface area contributed by atoms with Crippen LogP contribution in [0.1, 0.15) is 91.9 Å². The highest BCUT2D eigenvalue weighted by molar-refractivity contribution is 5.96. The minimum Gasteiger partial charge on any atom is -0.480 e. The van der Waals surface area contributed by atoms with Crippen LogP contribution in [0.15, 0.2) is 16.8 Å². The minimum absolute atomic E-state index is 0.0892. The molecule has 0 spiro atoms. The number of amides is 2. The van der Waals surface area contributed by atoms with Gasteiger partial charge in [0.1, 0.15) is 17.7 Å². The Balaban J connectivity index is 1.32. The first kappa shape index (κ1) is 30.1. The molecule has 4 N–H and O–H groups in total. The Bertz CT molecular complexity index is 1130. The summed E-state index contributed by atoms with van der Waals surface area (Å²) in [6, 6.07) is -1.88. The van der Waals surface area contributed by atoms with Crippen LogP contribution < -0.4 is 10.6 Å². The van der Waals surface area contributed by atoms with Gasteiger partial charge >= 0.3 is 5.97 Å². The van der Waals surface area contributed by atoms with E-state index in [1.54, 1.807) is 0 Å². The number of aliphatic carboxylic acids is 1. The van der Waals surface area contributed by atoms with E-state index in [0.717, 1.165) is 50.7 Å². The molecule has 2 amide bonds. The summed E-state index contributed by atoms with van der Waals surface area (Å²) >= 11 is 0. The van der Waals surface area contributed by atoms with Gasteiger partial charge in [-0.2, -0.15) is 0 Å². The van der Waals surface area contributed by atoms with Crippen molar-refractivity contribution in [2.45, 2.75) is 110 Å². The molecule has 3 saturated carbocycles. The number of fused-ring (bicyclic) bond motifs is 5. The second-order valence-electron chi connectivity index (χ2n) is 12.8. The van der Waals surface area contributed by atoms with E-state index in [-0.39, 0.29) is 17.4 Å². The summed E-state index contributed by atoms with van der Waals surface area (Å²) in [6.07, 6.45) is 16.4. The standard InChI is InChI=1S/C31H45N3O6/c1-6-8-25(28(37)38)33-27(36)19(3)32-26(35)18-40-34-21-11-14-29(4)20(17-21)9-10-22-23(29)12-15-30(5)24(22)13-16-31(30,39)7-2/h2,17,19,22-25,39H,6,8-16,18H2,1,3-5H3,(H,32,35)(H,33,36)(H,37,38)/b34-21-/t19-,22+,23-,24-,25-,29-,30-,31+/m0/s1. The first-order valence-electron chi connectivity index (χ1n) is 14.8. The van der Waals surface area contributed by atoms with E-state index in [9.17, 15) is 24.6 Å². The molecule has 0 aromatic carbocycles. The number of hydrogen-bond acceptors (Lipinski definition) is 6. The van der Waals surface area contributed by atoms with Crippen molar-refractivity contribution in [2.24, 2.45) is 33.7 Å². The molecule has 3 fully saturated rings. The molecular weight excluding hydrogens is 510 g/mol. The Morgan fingerprint density at radius 2 is 1.88 bits per heavy atom. The average Bonchev–Trinajstić information content (AvgIpc) is 3.19.